The fourth-order valence-corrected chi connectivity index (χ4v) is 3.27. The zero-order valence-corrected chi connectivity index (χ0v) is 14.1. The van der Waals surface area contributed by atoms with Gasteiger partial charge in [0.15, 0.2) is 5.13 Å². The van der Waals surface area contributed by atoms with Gasteiger partial charge in [-0.3, -0.25) is 15.1 Å². The van der Waals surface area contributed by atoms with Crippen molar-refractivity contribution in [2.75, 3.05) is 5.32 Å². The Hall–Kier alpha value is -1.95. The van der Waals surface area contributed by atoms with Crippen molar-refractivity contribution in [2.45, 2.75) is 6.42 Å². The number of hydrogen-bond acceptors (Lipinski definition) is 4. The molecule has 2 aromatic heterocycles. The molecule has 1 aromatic carbocycles. The zero-order chi connectivity index (χ0) is 16.2. The first kappa shape index (κ1) is 15.9. The lowest BCUT2D eigenvalue weighted by Crippen LogP contribution is -2.11. The van der Waals surface area contributed by atoms with Crippen LogP contribution in [-0.4, -0.2) is 15.9 Å². The van der Waals surface area contributed by atoms with Crippen molar-refractivity contribution >= 4 is 45.6 Å². The lowest BCUT2D eigenvalue weighted by molar-refractivity contribution is 0.102. The van der Waals surface area contributed by atoms with Crippen molar-refractivity contribution in [3.63, 3.8) is 0 Å². The van der Waals surface area contributed by atoms with Gasteiger partial charge in [-0.25, -0.2) is 4.98 Å². The van der Waals surface area contributed by atoms with E-state index in [0.29, 0.717) is 27.2 Å². The topological polar surface area (TPSA) is 54.9 Å². The van der Waals surface area contributed by atoms with Crippen LogP contribution in [0.4, 0.5) is 5.13 Å². The summed E-state index contributed by atoms with van der Waals surface area (Å²) in [5.74, 6) is -0.233. The van der Waals surface area contributed by atoms with E-state index in [2.05, 4.69) is 15.3 Å². The van der Waals surface area contributed by atoms with Gasteiger partial charge in [0.05, 0.1) is 5.56 Å². The Labute approximate surface area is 147 Å². The summed E-state index contributed by atoms with van der Waals surface area (Å²) in [7, 11) is 0. The van der Waals surface area contributed by atoms with Gasteiger partial charge >= 0.3 is 0 Å². The predicted molar refractivity (Wildman–Crippen MR) is 93.6 cm³/mol. The summed E-state index contributed by atoms with van der Waals surface area (Å²) in [4.78, 5) is 21.2. The molecule has 0 aliphatic rings. The Morgan fingerprint density at radius 3 is 2.83 bits per heavy atom. The highest BCUT2D eigenvalue weighted by Crippen LogP contribution is 2.27. The molecule has 116 valence electrons. The van der Waals surface area contributed by atoms with Crippen molar-refractivity contribution < 1.29 is 4.79 Å². The van der Waals surface area contributed by atoms with Gasteiger partial charge < -0.3 is 0 Å². The van der Waals surface area contributed by atoms with Crippen LogP contribution in [0.1, 0.15) is 20.8 Å². The summed E-state index contributed by atoms with van der Waals surface area (Å²) in [6, 6.07) is 8.81. The molecule has 0 fully saturated rings. The first-order chi connectivity index (χ1) is 11.1. The smallest absolute Gasteiger partial charge is 0.259 e. The summed E-state index contributed by atoms with van der Waals surface area (Å²) < 4.78 is 0. The van der Waals surface area contributed by atoms with Gasteiger partial charge in [-0.1, -0.05) is 29.3 Å². The minimum absolute atomic E-state index is 0.233. The van der Waals surface area contributed by atoms with Gasteiger partial charge in [0, 0.05) is 39.9 Å². The number of nitrogens with zero attached hydrogens (tertiary/aromatic N) is 2. The quantitative estimate of drug-likeness (QED) is 0.731. The van der Waals surface area contributed by atoms with Gasteiger partial charge in [0.2, 0.25) is 0 Å². The van der Waals surface area contributed by atoms with E-state index in [1.54, 1.807) is 36.7 Å². The maximum absolute atomic E-state index is 12.1. The third-order valence-electron chi connectivity index (χ3n) is 3.08. The van der Waals surface area contributed by atoms with Crippen LogP contribution < -0.4 is 5.32 Å². The van der Waals surface area contributed by atoms with Crippen LogP contribution in [0.5, 0.6) is 0 Å². The summed E-state index contributed by atoms with van der Waals surface area (Å²) in [6.07, 6.45) is 5.50. The molecule has 1 amide bonds. The number of thiazole rings is 1. The molecule has 0 saturated carbocycles. The molecule has 3 aromatic rings. The molecular formula is C16H11Cl2N3OS. The standard InChI is InChI=1S/C16H11Cl2N3OS/c17-12-4-3-10(14(18)7-12)6-13-9-20-16(23-13)21-15(22)11-2-1-5-19-8-11/h1-5,7-9H,6H2,(H,20,21,22). The number of hydrogen-bond donors (Lipinski definition) is 1. The SMILES string of the molecule is O=C(Nc1ncc(Cc2ccc(Cl)cc2Cl)s1)c1cccnc1. The predicted octanol–water partition coefficient (Wildman–Crippen LogP) is 4.69. The molecule has 1 N–H and O–H groups in total. The van der Waals surface area contributed by atoms with Crippen molar-refractivity contribution in [1.82, 2.24) is 9.97 Å². The number of carbonyl (C=O) groups excluding carboxylic acids is 1. The number of aromatic nitrogens is 2. The van der Waals surface area contributed by atoms with E-state index in [9.17, 15) is 4.79 Å². The van der Waals surface area contributed by atoms with Crippen LogP contribution in [0.3, 0.4) is 0 Å². The molecule has 3 rings (SSSR count). The molecule has 0 spiro atoms. The number of pyridine rings is 1. The largest absolute Gasteiger partial charge is 0.298 e. The highest BCUT2D eigenvalue weighted by Gasteiger charge is 2.10. The van der Waals surface area contributed by atoms with E-state index in [0.717, 1.165) is 10.4 Å². The van der Waals surface area contributed by atoms with Gasteiger partial charge in [-0.05, 0) is 29.8 Å². The van der Waals surface area contributed by atoms with Crippen molar-refractivity contribution in [2.24, 2.45) is 0 Å². The minimum Gasteiger partial charge on any atom is -0.298 e. The fraction of sp³-hybridized carbons (Fsp3) is 0.0625. The number of benzene rings is 1. The van der Waals surface area contributed by atoms with Crippen molar-refractivity contribution in [1.29, 1.82) is 0 Å². The van der Waals surface area contributed by atoms with Crippen LogP contribution in [-0.2, 0) is 6.42 Å². The Bertz CT molecular complexity index is 836. The van der Waals surface area contributed by atoms with Crippen LogP contribution in [0.25, 0.3) is 0 Å². The number of amides is 1. The molecule has 7 heteroatoms. The fourth-order valence-electron chi connectivity index (χ4n) is 1.97. The minimum atomic E-state index is -0.233. The molecule has 0 aliphatic carbocycles. The molecular weight excluding hydrogens is 353 g/mol. The monoisotopic (exact) mass is 363 g/mol. The molecule has 0 unspecified atom stereocenters. The van der Waals surface area contributed by atoms with Gasteiger partial charge in [0.1, 0.15) is 0 Å². The second kappa shape index (κ2) is 7.08. The second-order valence-corrected chi connectivity index (χ2v) is 6.70. The molecule has 0 aliphatic heterocycles. The average molecular weight is 364 g/mol. The van der Waals surface area contributed by atoms with Gasteiger partial charge in [0.25, 0.3) is 5.91 Å². The Morgan fingerprint density at radius 1 is 1.22 bits per heavy atom. The summed E-state index contributed by atoms with van der Waals surface area (Å²) in [5, 5.41) is 4.52. The molecule has 2 heterocycles. The third kappa shape index (κ3) is 4.07. The van der Waals surface area contributed by atoms with Crippen LogP contribution >= 0.6 is 34.5 Å². The first-order valence-electron chi connectivity index (χ1n) is 6.72. The molecule has 4 nitrogen and oxygen atoms in total. The maximum Gasteiger partial charge on any atom is 0.259 e. The maximum atomic E-state index is 12.1. The first-order valence-corrected chi connectivity index (χ1v) is 8.29. The third-order valence-corrected chi connectivity index (χ3v) is 4.58. The number of rotatable bonds is 4. The molecule has 0 atom stereocenters. The molecule has 23 heavy (non-hydrogen) atoms. The summed E-state index contributed by atoms with van der Waals surface area (Å²) >= 11 is 13.5. The van der Waals surface area contributed by atoms with Crippen molar-refractivity contribution in [3.05, 3.63) is 75.0 Å². The molecule has 0 bridgehead atoms. The van der Waals surface area contributed by atoms with Crippen molar-refractivity contribution in [3.8, 4) is 0 Å². The summed E-state index contributed by atoms with van der Waals surface area (Å²) in [5.41, 5.74) is 1.45. The number of nitrogens with one attached hydrogen (secondary N) is 1. The number of anilines is 1. The Balaban J connectivity index is 1.70. The van der Waals surface area contributed by atoms with Crippen LogP contribution in [0.15, 0.2) is 48.9 Å². The van der Waals surface area contributed by atoms with Crippen LogP contribution in [0, 0.1) is 0 Å². The Morgan fingerprint density at radius 2 is 2.09 bits per heavy atom. The van der Waals surface area contributed by atoms with E-state index >= 15 is 0 Å². The Kier molecular flexibility index (Phi) is 4.91. The van der Waals surface area contributed by atoms with E-state index in [4.69, 9.17) is 23.2 Å². The second-order valence-electron chi connectivity index (χ2n) is 4.74. The zero-order valence-electron chi connectivity index (χ0n) is 11.8. The highest BCUT2D eigenvalue weighted by molar-refractivity contribution is 7.15. The number of carbonyl (C=O) groups is 1. The average Bonchev–Trinajstić information content (AvgIpc) is 2.98. The van der Waals surface area contributed by atoms with Crippen LogP contribution in [0.2, 0.25) is 10.0 Å². The lowest BCUT2D eigenvalue weighted by atomic mass is 10.1. The summed E-state index contributed by atoms with van der Waals surface area (Å²) in [6.45, 7) is 0. The van der Waals surface area contributed by atoms with E-state index < -0.39 is 0 Å². The highest BCUT2D eigenvalue weighted by atomic mass is 35.5. The van der Waals surface area contributed by atoms with E-state index in [-0.39, 0.29) is 5.91 Å². The lowest BCUT2D eigenvalue weighted by Gasteiger charge is -2.02. The number of halogens is 2. The van der Waals surface area contributed by atoms with E-state index in [1.807, 2.05) is 6.07 Å². The van der Waals surface area contributed by atoms with Gasteiger partial charge in [-0.15, -0.1) is 11.3 Å². The molecule has 0 radical (unpaired) electrons. The van der Waals surface area contributed by atoms with E-state index in [1.165, 1.54) is 17.5 Å². The molecule has 0 saturated heterocycles. The van der Waals surface area contributed by atoms with Gasteiger partial charge in [-0.2, -0.15) is 0 Å². The normalized spacial score (nSPS) is 10.5.